The molecule has 8 heavy (non-hydrogen) atoms. The van der Waals surface area contributed by atoms with Crippen molar-refractivity contribution in [1.29, 1.82) is 5.41 Å². The predicted molar refractivity (Wildman–Crippen MR) is 26.7 cm³/mol. The van der Waals surface area contributed by atoms with Gasteiger partial charge in [-0.2, -0.15) is 0 Å². The number of hydrogen-bond donors (Lipinski definition) is 1. The number of hydrogen-bond acceptors (Lipinski definition) is 1. The van der Waals surface area contributed by atoms with E-state index in [4.69, 9.17) is 5.41 Å². The van der Waals surface area contributed by atoms with Crippen LogP contribution in [0, 0.1) is 5.41 Å². The summed E-state index contributed by atoms with van der Waals surface area (Å²) < 4.78 is 4.00. The van der Waals surface area contributed by atoms with Crippen molar-refractivity contribution >= 4 is 1.73 Å². The van der Waals surface area contributed by atoms with Crippen LogP contribution in [0.3, 0.4) is 0 Å². The van der Waals surface area contributed by atoms with E-state index in [2.05, 4.69) is 0 Å². The third-order valence-electron chi connectivity index (χ3n) is 0.941. The van der Waals surface area contributed by atoms with E-state index in [0.717, 1.165) is 0 Å². The van der Waals surface area contributed by atoms with E-state index < -0.39 is 0 Å². The van der Waals surface area contributed by atoms with Crippen LogP contribution in [0.2, 0.25) is 0 Å². The van der Waals surface area contributed by atoms with Crippen LogP contribution >= 0.6 is 0 Å². The first-order valence-electron chi connectivity index (χ1n) is 2.66. The van der Waals surface area contributed by atoms with Crippen molar-refractivity contribution in [3.63, 3.8) is 0 Å². The number of rotatable bonds is 0. The van der Waals surface area contributed by atoms with Crippen LogP contribution in [0.4, 0.5) is 0 Å². The summed E-state index contributed by atoms with van der Waals surface area (Å²) in [4.78, 5) is 0. The summed E-state index contributed by atoms with van der Waals surface area (Å²) in [6, 6.07) is 0. The van der Waals surface area contributed by atoms with Crippen LogP contribution in [-0.4, -0.2) is 10.6 Å². The Balaban J connectivity index is 2.27. The minimum atomic E-state index is 0.257. The van der Waals surface area contributed by atoms with Crippen molar-refractivity contribution in [3.05, 3.63) is 0 Å². The normalized spacial score (nSPS) is 24.8. The average Bonchev–Trinajstić information content (AvgIpc) is 1.94. The van der Waals surface area contributed by atoms with E-state index in [9.17, 15) is 0 Å². The fraction of sp³-hybridized carbons (Fsp3) is 0.800. The van der Waals surface area contributed by atoms with Gasteiger partial charge in [-0.25, -0.2) is 0 Å². The quantitative estimate of drug-likeness (QED) is 0.338. The molecule has 1 heterocycles. The molecule has 0 bridgehead atoms. The molecule has 50 valence electrons. The summed E-state index contributed by atoms with van der Waals surface area (Å²) in [7, 11) is 0. The van der Waals surface area contributed by atoms with Gasteiger partial charge in [-0.15, -0.1) is 0 Å². The molecule has 0 unspecified atom stereocenters. The van der Waals surface area contributed by atoms with E-state index in [1.165, 1.54) is 23.4 Å². The van der Waals surface area contributed by atoms with Crippen molar-refractivity contribution in [2.45, 2.75) is 12.8 Å². The molecule has 3 heteroatoms. The van der Waals surface area contributed by atoms with Crippen LogP contribution in [0.25, 0.3) is 0 Å². The van der Waals surface area contributed by atoms with Crippen LogP contribution in [0.5, 0.6) is 0 Å². The van der Waals surface area contributed by atoms with Crippen molar-refractivity contribution in [2.75, 3.05) is 8.86 Å². The van der Waals surface area contributed by atoms with Gasteiger partial charge in [0.1, 0.15) is 0 Å². The van der Waals surface area contributed by atoms with Crippen molar-refractivity contribution < 1.29 is 42.4 Å². The summed E-state index contributed by atoms with van der Waals surface area (Å²) in [5, 5.41) is 7.43. The second-order valence-corrected chi connectivity index (χ2v) is 9.52. The molecule has 1 rings (SSSR count). The average molecular weight is 337 g/mol. The molecule has 0 amide bonds. The van der Waals surface area contributed by atoms with Gasteiger partial charge in [-0.05, 0) is 0 Å². The maximum atomic E-state index is 7.43. The molecule has 0 spiro atoms. The molecule has 0 aromatic rings. The Morgan fingerprint density at radius 1 is 1.12 bits per heavy atom. The van der Waals surface area contributed by atoms with Gasteiger partial charge in [0.15, 0.2) is 0 Å². The third kappa shape index (κ3) is 2.61. The third-order valence-corrected chi connectivity index (χ3v) is 8.75. The molecule has 1 saturated heterocycles. The summed E-state index contributed by atoms with van der Waals surface area (Å²) in [5.41, 5.74) is 0. The molecule has 0 aromatic heterocycles. The summed E-state index contributed by atoms with van der Waals surface area (Å²) in [6.07, 6.45) is 2.85. The summed E-state index contributed by atoms with van der Waals surface area (Å²) in [5.74, 6) is 0. The first kappa shape index (κ1) is 7.24. The second kappa shape index (κ2) is 4.03. The fourth-order valence-corrected chi connectivity index (χ4v) is 7.62. The van der Waals surface area contributed by atoms with Crippen LogP contribution in [0.1, 0.15) is 12.8 Å². The Hall–Kier alpha value is 1.13. The Morgan fingerprint density at radius 3 is 2.12 bits per heavy atom. The van der Waals surface area contributed by atoms with E-state index in [0.29, 0.717) is 0 Å². The number of nitrogens with one attached hydrogen (secondary N) is 1. The molecular formula is C5H9I2N-2. The van der Waals surface area contributed by atoms with Gasteiger partial charge in [0.25, 0.3) is 0 Å². The monoisotopic (exact) mass is 337 g/mol. The summed E-state index contributed by atoms with van der Waals surface area (Å²) in [6.45, 7) is 0. The minimum absolute atomic E-state index is 0.257. The maximum absolute atomic E-state index is 7.43. The fourth-order valence-electron chi connectivity index (χ4n) is 0.524. The van der Waals surface area contributed by atoms with Gasteiger partial charge in [-0.1, -0.05) is 0 Å². The molecule has 1 fully saturated rings. The Kier molecular flexibility index (Phi) is 3.64. The van der Waals surface area contributed by atoms with Gasteiger partial charge >= 0.3 is 71.2 Å². The zero-order valence-electron chi connectivity index (χ0n) is 4.58. The van der Waals surface area contributed by atoms with E-state index >= 15 is 0 Å². The number of alkyl halides is 2. The standard InChI is InChI=1S/C5H9I2N/c8-5-6-3-1-2-4-7-5/h8H,1-4H2/q-2. The first-order valence-corrected chi connectivity index (χ1v) is 7.87. The SMILES string of the molecule is N=C1[I-]CCCC[I-]1. The molecule has 1 aliphatic rings. The number of halogens is 2. The molecule has 0 aromatic carbocycles. The molecule has 1 N–H and O–H groups in total. The Labute approximate surface area is 70.6 Å². The van der Waals surface area contributed by atoms with Gasteiger partial charge in [-0.3, -0.25) is 0 Å². The van der Waals surface area contributed by atoms with Gasteiger partial charge in [0.05, 0.1) is 0 Å². The van der Waals surface area contributed by atoms with Gasteiger partial charge in [0.2, 0.25) is 0 Å². The zero-order valence-corrected chi connectivity index (χ0v) is 8.90. The molecule has 1 nitrogen and oxygen atoms in total. The van der Waals surface area contributed by atoms with E-state index in [1.807, 2.05) is 0 Å². The van der Waals surface area contributed by atoms with E-state index in [-0.39, 0.29) is 42.4 Å². The molecular weight excluding hydrogens is 328 g/mol. The molecule has 1 aliphatic heterocycles. The van der Waals surface area contributed by atoms with Crippen LogP contribution < -0.4 is 42.4 Å². The van der Waals surface area contributed by atoms with Gasteiger partial charge in [0, 0.05) is 0 Å². The van der Waals surface area contributed by atoms with Gasteiger partial charge < -0.3 is 0 Å². The molecule has 0 aliphatic carbocycles. The first-order chi connectivity index (χ1) is 3.89. The predicted octanol–water partition coefficient (Wildman–Crippen LogP) is -5.11. The summed E-state index contributed by atoms with van der Waals surface area (Å²) >= 11 is 0.513. The van der Waals surface area contributed by atoms with Crippen molar-refractivity contribution in [2.24, 2.45) is 0 Å². The van der Waals surface area contributed by atoms with Crippen LogP contribution in [-0.2, 0) is 0 Å². The van der Waals surface area contributed by atoms with Crippen molar-refractivity contribution in [1.82, 2.24) is 0 Å². The topological polar surface area (TPSA) is 23.9 Å². The Bertz CT molecular complexity index is 82.4. The Morgan fingerprint density at radius 2 is 1.62 bits per heavy atom. The van der Waals surface area contributed by atoms with Crippen molar-refractivity contribution in [3.8, 4) is 0 Å². The zero-order chi connectivity index (χ0) is 5.82. The second-order valence-electron chi connectivity index (χ2n) is 1.61. The molecule has 0 atom stereocenters. The molecule has 0 saturated carbocycles. The molecule has 0 radical (unpaired) electrons. The van der Waals surface area contributed by atoms with Crippen LogP contribution in [0.15, 0.2) is 0 Å². The van der Waals surface area contributed by atoms with E-state index in [1.54, 1.807) is 0 Å².